The molecule has 2 N–H and O–H groups in total. The normalized spacial score (nSPS) is 14.1. The lowest BCUT2D eigenvalue weighted by Crippen LogP contribution is -2.46. The molecule has 12 nitrogen and oxygen atoms in total. The van der Waals surface area contributed by atoms with E-state index in [0.717, 1.165) is 67.9 Å². The van der Waals surface area contributed by atoms with Crippen molar-refractivity contribution in [3.63, 3.8) is 0 Å². The quantitative estimate of drug-likeness (QED) is 0.0552. The summed E-state index contributed by atoms with van der Waals surface area (Å²) in [5, 5.41) is 16.9. The van der Waals surface area contributed by atoms with Gasteiger partial charge in [0.25, 0.3) is 15.7 Å². The van der Waals surface area contributed by atoms with Crippen molar-refractivity contribution in [3.8, 4) is 11.1 Å². The lowest BCUT2D eigenvalue weighted by Gasteiger charge is -2.36. The zero-order valence-electron chi connectivity index (χ0n) is 32.3. The van der Waals surface area contributed by atoms with E-state index < -0.39 is 14.9 Å². The van der Waals surface area contributed by atoms with Gasteiger partial charge in [-0.1, -0.05) is 66.2 Å². The molecular weight excluding hydrogens is 792 g/mol. The van der Waals surface area contributed by atoms with E-state index in [-0.39, 0.29) is 28.1 Å². The summed E-state index contributed by atoms with van der Waals surface area (Å²) in [5.74, 6) is 0.749. The smallest absolute Gasteiger partial charge is 0.293 e. The summed E-state index contributed by atoms with van der Waals surface area (Å²) < 4.78 is 30.0. The third-order valence-electron chi connectivity index (χ3n) is 10.1. The highest BCUT2D eigenvalue weighted by Gasteiger charge is 2.25. The molecule has 1 fully saturated rings. The standard InChI is InChI=1S/C43H45ClN8O4S2/c1-49(2)20-19-34(29-57-36-11-7-4-8-12-36)47-40-18-15-37(27-42(40)52(53)54)58(55,56)48-43-39-17-14-35(26-41(39)45-30-46-43)51-23-21-50(22-24-51)28-32-25-33(44)13-16-38(32)31-9-5-3-6-10-31/h3-18,25-27,30,34,47H,19-24,28-29H2,1-2H3,(H,45,46,48)/t34-/m0/s1. The average Bonchev–Trinajstić information content (AvgIpc) is 3.22. The second-order valence-corrected chi connectivity index (χ2v) is 17.7. The number of nitrogens with zero attached hydrogens (tertiary/aromatic N) is 6. The molecule has 1 aliphatic rings. The van der Waals surface area contributed by atoms with Gasteiger partial charge in [0.05, 0.1) is 15.3 Å². The minimum atomic E-state index is -4.27. The average molecular weight is 837 g/mol. The van der Waals surface area contributed by atoms with Gasteiger partial charge in [-0.25, -0.2) is 18.4 Å². The number of hydrogen-bond donors (Lipinski definition) is 2. The predicted octanol–water partition coefficient (Wildman–Crippen LogP) is 8.51. The van der Waals surface area contributed by atoms with Gasteiger partial charge in [-0.3, -0.25) is 19.7 Å². The van der Waals surface area contributed by atoms with Gasteiger partial charge >= 0.3 is 0 Å². The van der Waals surface area contributed by atoms with Crippen molar-refractivity contribution < 1.29 is 13.3 Å². The Kier molecular flexibility index (Phi) is 13.1. The number of benzene rings is 5. The summed E-state index contributed by atoms with van der Waals surface area (Å²) in [6.07, 6.45) is 2.04. The van der Waals surface area contributed by atoms with E-state index in [1.54, 1.807) is 11.8 Å². The molecule has 1 aliphatic heterocycles. The first-order valence-electron chi connectivity index (χ1n) is 19.0. The lowest BCUT2D eigenvalue weighted by molar-refractivity contribution is -0.384. The Balaban J connectivity index is 1.03. The molecule has 0 bridgehead atoms. The van der Waals surface area contributed by atoms with Crippen LogP contribution in [-0.2, 0) is 16.6 Å². The van der Waals surface area contributed by atoms with Gasteiger partial charge in [0.1, 0.15) is 12.0 Å². The summed E-state index contributed by atoms with van der Waals surface area (Å²) in [7, 11) is -0.315. The molecule has 58 heavy (non-hydrogen) atoms. The lowest BCUT2D eigenvalue weighted by atomic mass is 9.99. The van der Waals surface area contributed by atoms with Crippen LogP contribution in [0.15, 0.2) is 131 Å². The first kappa shape index (κ1) is 40.9. The second-order valence-electron chi connectivity index (χ2n) is 14.5. The third kappa shape index (κ3) is 10.2. The Morgan fingerprint density at radius 2 is 1.64 bits per heavy atom. The molecular formula is C43H45ClN8O4S2. The van der Waals surface area contributed by atoms with Crippen LogP contribution in [0, 0.1) is 10.1 Å². The largest absolute Gasteiger partial charge is 0.376 e. The van der Waals surface area contributed by atoms with E-state index in [0.29, 0.717) is 21.7 Å². The van der Waals surface area contributed by atoms with Gasteiger partial charge in [-0.05, 0) is 98.3 Å². The number of nitro benzene ring substituents is 1. The van der Waals surface area contributed by atoms with Crippen molar-refractivity contribution in [2.24, 2.45) is 0 Å². The fourth-order valence-corrected chi connectivity index (χ4v) is 9.24. The molecule has 5 aromatic carbocycles. The molecule has 300 valence electrons. The molecule has 0 spiro atoms. The van der Waals surface area contributed by atoms with E-state index in [1.807, 2.05) is 86.9 Å². The topological polar surface area (TPSA) is 137 Å². The van der Waals surface area contributed by atoms with E-state index in [2.05, 4.69) is 59.0 Å². The highest BCUT2D eigenvalue weighted by Crippen LogP contribution is 2.33. The number of fused-ring (bicyclic) bond motifs is 1. The van der Waals surface area contributed by atoms with Crippen molar-refractivity contribution in [1.29, 1.82) is 0 Å². The molecule has 6 aromatic rings. The zero-order chi connectivity index (χ0) is 40.6. The van der Waals surface area contributed by atoms with Crippen LogP contribution in [0.3, 0.4) is 0 Å². The zero-order valence-corrected chi connectivity index (χ0v) is 34.7. The van der Waals surface area contributed by atoms with Crippen LogP contribution in [0.5, 0.6) is 0 Å². The molecule has 2 heterocycles. The Morgan fingerprint density at radius 1 is 0.897 bits per heavy atom. The van der Waals surface area contributed by atoms with Crippen molar-refractivity contribution in [1.82, 2.24) is 19.8 Å². The molecule has 0 aliphatic carbocycles. The number of piperazine rings is 1. The van der Waals surface area contributed by atoms with Gasteiger partial charge in [0.15, 0.2) is 5.82 Å². The second kappa shape index (κ2) is 18.6. The highest BCUT2D eigenvalue weighted by molar-refractivity contribution is 7.99. The van der Waals surface area contributed by atoms with Gasteiger partial charge < -0.3 is 15.1 Å². The highest BCUT2D eigenvalue weighted by atomic mass is 35.5. The number of aromatic nitrogens is 2. The van der Waals surface area contributed by atoms with Crippen LogP contribution in [0.4, 0.5) is 22.9 Å². The van der Waals surface area contributed by atoms with E-state index >= 15 is 0 Å². The minimum Gasteiger partial charge on any atom is -0.376 e. The molecule has 0 amide bonds. The van der Waals surface area contributed by atoms with Gasteiger partial charge in [0.2, 0.25) is 0 Å². The van der Waals surface area contributed by atoms with Crippen molar-refractivity contribution in [2.75, 3.05) is 67.5 Å². The number of nitrogens with one attached hydrogen (secondary N) is 2. The summed E-state index contributed by atoms with van der Waals surface area (Å²) in [4.78, 5) is 28.1. The molecule has 15 heteroatoms. The van der Waals surface area contributed by atoms with Crippen LogP contribution in [0.1, 0.15) is 12.0 Å². The number of rotatable bonds is 16. The van der Waals surface area contributed by atoms with Gasteiger partial charge in [-0.2, -0.15) is 0 Å². The van der Waals surface area contributed by atoms with Crippen molar-refractivity contribution in [2.45, 2.75) is 28.8 Å². The Hall–Kier alpha value is -5.25. The predicted molar refractivity (Wildman–Crippen MR) is 236 cm³/mol. The molecule has 1 atom stereocenters. The number of halogens is 1. The van der Waals surface area contributed by atoms with E-state index in [9.17, 15) is 18.5 Å². The molecule has 1 aromatic heterocycles. The van der Waals surface area contributed by atoms with E-state index in [1.165, 1.54) is 29.6 Å². The Bertz CT molecular complexity index is 2470. The summed E-state index contributed by atoms with van der Waals surface area (Å²) >= 11 is 8.08. The van der Waals surface area contributed by atoms with Crippen LogP contribution in [-0.4, -0.2) is 91.7 Å². The fourth-order valence-electron chi connectivity index (χ4n) is 7.00. The summed E-state index contributed by atoms with van der Waals surface area (Å²) in [5.41, 5.74) is 4.98. The summed E-state index contributed by atoms with van der Waals surface area (Å²) in [6, 6.07) is 35.8. The Labute approximate surface area is 348 Å². The van der Waals surface area contributed by atoms with Crippen LogP contribution >= 0.6 is 23.4 Å². The molecule has 1 saturated heterocycles. The number of sulfonamides is 1. The van der Waals surface area contributed by atoms with Crippen LogP contribution in [0.2, 0.25) is 5.02 Å². The monoisotopic (exact) mass is 836 g/mol. The summed E-state index contributed by atoms with van der Waals surface area (Å²) in [6.45, 7) is 4.82. The fraction of sp³-hybridized carbons (Fsp3) is 0.256. The molecule has 7 rings (SSSR count). The van der Waals surface area contributed by atoms with Crippen molar-refractivity contribution in [3.05, 3.63) is 142 Å². The van der Waals surface area contributed by atoms with Crippen molar-refractivity contribution >= 4 is 67.2 Å². The number of anilines is 3. The molecule has 0 radical (unpaired) electrons. The van der Waals surface area contributed by atoms with Crippen LogP contribution in [0.25, 0.3) is 22.0 Å². The number of nitro groups is 1. The number of thioether (sulfide) groups is 1. The number of hydrogen-bond acceptors (Lipinski definition) is 11. The van der Waals surface area contributed by atoms with E-state index in [4.69, 9.17) is 11.6 Å². The van der Waals surface area contributed by atoms with Crippen LogP contribution < -0.4 is 14.9 Å². The third-order valence-corrected chi connectivity index (χ3v) is 12.8. The Morgan fingerprint density at radius 3 is 2.36 bits per heavy atom. The maximum absolute atomic E-state index is 13.7. The SMILES string of the molecule is CN(C)CC[C@@H](CSc1ccccc1)Nc1ccc(S(=O)(=O)Nc2ncnc3cc(N4CCN(Cc5cc(Cl)ccc5-c5ccccc5)CC4)ccc23)cc1[N+](=O)[O-]. The van der Waals surface area contributed by atoms with Gasteiger partial charge in [-0.15, -0.1) is 11.8 Å². The minimum absolute atomic E-state index is 0.0867. The maximum Gasteiger partial charge on any atom is 0.293 e. The first-order valence-corrected chi connectivity index (χ1v) is 21.8. The first-order chi connectivity index (χ1) is 28.0. The molecule has 0 unspecified atom stereocenters. The van der Waals surface area contributed by atoms with Gasteiger partial charge in [0, 0.05) is 71.6 Å². The maximum atomic E-state index is 13.7. The molecule has 0 saturated carbocycles.